The lowest BCUT2D eigenvalue weighted by molar-refractivity contribution is -0.118. The number of amides is 1. The molecule has 8 heteroatoms. The highest BCUT2D eigenvalue weighted by atomic mass is 35.5. The van der Waals surface area contributed by atoms with Crippen LogP contribution < -0.4 is 10.1 Å². The van der Waals surface area contributed by atoms with Crippen LogP contribution in [0, 0.1) is 0 Å². The van der Waals surface area contributed by atoms with Gasteiger partial charge in [-0.25, -0.2) is 0 Å². The van der Waals surface area contributed by atoms with E-state index in [-0.39, 0.29) is 12.5 Å². The van der Waals surface area contributed by atoms with Crippen molar-refractivity contribution in [2.75, 3.05) is 11.9 Å². The first-order chi connectivity index (χ1) is 10.6. The molecule has 1 heterocycles. The van der Waals surface area contributed by atoms with Crippen LogP contribution in [0.15, 0.2) is 36.4 Å². The Bertz CT molecular complexity index is 838. The molecule has 3 rings (SSSR count). The number of rotatable bonds is 4. The highest BCUT2D eigenvalue weighted by Crippen LogP contribution is 2.27. The van der Waals surface area contributed by atoms with E-state index in [4.69, 9.17) is 27.9 Å². The molecule has 112 valence electrons. The molecule has 0 aliphatic heterocycles. The lowest BCUT2D eigenvalue weighted by atomic mass is 10.2. The van der Waals surface area contributed by atoms with Crippen molar-refractivity contribution >= 4 is 57.6 Å². The quantitative estimate of drug-likeness (QED) is 0.769. The maximum Gasteiger partial charge on any atom is 0.262 e. The van der Waals surface area contributed by atoms with Crippen LogP contribution in [0.2, 0.25) is 10.0 Å². The first-order valence-corrected chi connectivity index (χ1v) is 7.71. The topological polar surface area (TPSA) is 64.1 Å². The summed E-state index contributed by atoms with van der Waals surface area (Å²) < 4.78 is 13.7. The molecule has 0 saturated heterocycles. The molecule has 0 spiro atoms. The molecule has 0 fully saturated rings. The van der Waals surface area contributed by atoms with Crippen LogP contribution in [-0.4, -0.2) is 21.3 Å². The van der Waals surface area contributed by atoms with Crippen LogP contribution in [0.5, 0.6) is 5.75 Å². The zero-order valence-electron chi connectivity index (χ0n) is 11.0. The number of hydrogen-bond donors (Lipinski definition) is 1. The predicted octanol–water partition coefficient (Wildman–Crippen LogP) is 4.02. The average molecular weight is 354 g/mol. The Balaban J connectivity index is 1.66. The highest BCUT2D eigenvalue weighted by molar-refractivity contribution is 7.00. The SMILES string of the molecule is O=C(COc1ccc(Cl)cc1Cl)Nc1cccc2nsnc12. The molecule has 1 amide bonds. The first-order valence-electron chi connectivity index (χ1n) is 6.22. The van der Waals surface area contributed by atoms with Gasteiger partial charge in [-0.2, -0.15) is 8.75 Å². The summed E-state index contributed by atoms with van der Waals surface area (Å²) in [7, 11) is 0. The average Bonchev–Trinajstić information content (AvgIpc) is 2.96. The lowest BCUT2D eigenvalue weighted by Gasteiger charge is -2.09. The minimum Gasteiger partial charge on any atom is -0.482 e. The number of fused-ring (bicyclic) bond motifs is 1. The Morgan fingerprint density at radius 1 is 1.23 bits per heavy atom. The molecule has 0 aliphatic carbocycles. The van der Waals surface area contributed by atoms with Gasteiger partial charge in [-0.1, -0.05) is 29.3 Å². The van der Waals surface area contributed by atoms with Gasteiger partial charge >= 0.3 is 0 Å². The van der Waals surface area contributed by atoms with E-state index >= 15 is 0 Å². The number of benzene rings is 2. The highest BCUT2D eigenvalue weighted by Gasteiger charge is 2.10. The second kappa shape index (κ2) is 6.48. The monoisotopic (exact) mass is 353 g/mol. The largest absolute Gasteiger partial charge is 0.482 e. The molecule has 1 N–H and O–H groups in total. The lowest BCUT2D eigenvalue weighted by Crippen LogP contribution is -2.20. The molecule has 0 atom stereocenters. The van der Waals surface area contributed by atoms with Crippen LogP contribution in [0.3, 0.4) is 0 Å². The van der Waals surface area contributed by atoms with E-state index in [9.17, 15) is 4.79 Å². The zero-order valence-corrected chi connectivity index (χ0v) is 13.4. The molecule has 0 aliphatic rings. The normalized spacial score (nSPS) is 10.6. The van der Waals surface area contributed by atoms with Crippen molar-refractivity contribution in [1.29, 1.82) is 0 Å². The third-order valence-corrected chi connectivity index (χ3v) is 3.89. The summed E-state index contributed by atoms with van der Waals surface area (Å²) in [6, 6.07) is 10.2. The van der Waals surface area contributed by atoms with Gasteiger partial charge < -0.3 is 10.1 Å². The second-order valence-electron chi connectivity index (χ2n) is 4.35. The molecule has 0 bridgehead atoms. The Morgan fingerprint density at radius 3 is 2.91 bits per heavy atom. The van der Waals surface area contributed by atoms with Gasteiger partial charge in [0.05, 0.1) is 22.4 Å². The Hall–Kier alpha value is -1.89. The van der Waals surface area contributed by atoms with E-state index in [2.05, 4.69) is 14.1 Å². The molecule has 0 saturated carbocycles. The number of nitrogens with zero attached hydrogens (tertiary/aromatic N) is 2. The Kier molecular flexibility index (Phi) is 4.42. The van der Waals surface area contributed by atoms with Crippen LogP contribution in [0.4, 0.5) is 5.69 Å². The van der Waals surface area contributed by atoms with Gasteiger partial charge in [0.15, 0.2) is 6.61 Å². The van der Waals surface area contributed by atoms with E-state index in [1.165, 1.54) is 0 Å². The summed E-state index contributed by atoms with van der Waals surface area (Å²) >= 11 is 12.9. The van der Waals surface area contributed by atoms with E-state index in [1.54, 1.807) is 30.3 Å². The summed E-state index contributed by atoms with van der Waals surface area (Å²) in [5.74, 6) is 0.0845. The van der Waals surface area contributed by atoms with Gasteiger partial charge in [-0.3, -0.25) is 4.79 Å². The number of nitrogens with one attached hydrogen (secondary N) is 1. The van der Waals surface area contributed by atoms with Crippen molar-refractivity contribution in [2.45, 2.75) is 0 Å². The number of hydrogen-bond acceptors (Lipinski definition) is 5. The van der Waals surface area contributed by atoms with Gasteiger partial charge in [0.25, 0.3) is 5.91 Å². The summed E-state index contributed by atoms with van der Waals surface area (Å²) in [5.41, 5.74) is 2.00. The van der Waals surface area contributed by atoms with Gasteiger partial charge in [-0.15, -0.1) is 0 Å². The maximum absolute atomic E-state index is 12.0. The molecule has 0 radical (unpaired) electrons. The smallest absolute Gasteiger partial charge is 0.262 e. The Morgan fingerprint density at radius 2 is 2.09 bits per heavy atom. The van der Waals surface area contributed by atoms with Crippen LogP contribution in [0.1, 0.15) is 0 Å². The minimum atomic E-state index is -0.313. The van der Waals surface area contributed by atoms with Gasteiger partial charge in [-0.05, 0) is 30.3 Å². The third kappa shape index (κ3) is 3.30. The third-order valence-electron chi connectivity index (χ3n) is 2.81. The number of carbonyl (C=O) groups excluding carboxylic acids is 1. The van der Waals surface area contributed by atoms with Crippen molar-refractivity contribution in [1.82, 2.24) is 8.75 Å². The number of anilines is 1. The fourth-order valence-corrected chi connectivity index (χ4v) is 2.84. The molecule has 1 aromatic heterocycles. The molecule has 0 unspecified atom stereocenters. The summed E-state index contributed by atoms with van der Waals surface area (Å²) in [5, 5.41) is 3.60. The van der Waals surface area contributed by atoms with Crippen molar-refractivity contribution in [3.05, 3.63) is 46.4 Å². The molecule has 2 aromatic carbocycles. The standard InChI is InChI=1S/C14H9Cl2N3O2S/c15-8-4-5-12(9(16)6-8)21-7-13(20)17-10-2-1-3-11-14(10)19-22-18-11/h1-6H,7H2,(H,17,20). The van der Waals surface area contributed by atoms with Gasteiger partial charge in [0, 0.05) is 5.02 Å². The number of aromatic nitrogens is 2. The van der Waals surface area contributed by atoms with Crippen LogP contribution >= 0.6 is 34.9 Å². The number of halogens is 2. The second-order valence-corrected chi connectivity index (χ2v) is 5.72. The van der Waals surface area contributed by atoms with Crippen molar-refractivity contribution in [3.63, 3.8) is 0 Å². The fourth-order valence-electron chi connectivity index (χ4n) is 1.83. The fraction of sp³-hybridized carbons (Fsp3) is 0.0714. The zero-order chi connectivity index (χ0) is 15.5. The van der Waals surface area contributed by atoms with Gasteiger partial charge in [0.2, 0.25) is 0 Å². The minimum absolute atomic E-state index is 0.171. The van der Waals surface area contributed by atoms with E-state index in [0.29, 0.717) is 27.0 Å². The van der Waals surface area contributed by atoms with E-state index < -0.39 is 0 Å². The first kappa shape index (κ1) is 15.0. The molecule has 5 nitrogen and oxygen atoms in total. The number of ether oxygens (including phenoxy) is 1. The Labute approximate surface area is 140 Å². The molecule has 3 aromatic rings. The van der Waals surface area contributed by atoms with E-state index in [1.807, 2.05) is 6.07 Å². The van der Waals surface area contributed by atoms with Gasteiger partial charge in [0.1, 0.15) is 16.8 Å². The molecular formula is C14H9Cl2N3O2S. The van der Waals surface area contributed by atoms with E-state index in [0.717, 1.165) is 17.2 Å². The number of carbonyl (C=O) groups is 1. The molecule has 22 heavy (non-hydrogen) atoms. The van der Waals surface area contributed by atoms with Crippen LogP contribution in [0.25, 0.3) is 11.0 Å². The predicted molar refractivity (Wildman–Crippen MR) is 88.0 cm³/mol. The van der Waals surface area contributed by atoms with Crippen molar-refractivity contribution in [2.24, 2.45) is 0 Å². The summed E-state index contributed by atoms with van der Waals surface area (Å²) in [6.45, 7) is -0.171. The maximum atomic E-state index is 12.0. The van der Waals surface area contributed by atoms with Crippen molar-refractivity contribution < 1.29 is 9.53 Å². The van der Waals surface area contributed by atoms with Crippen molar-refractivity contribution in [3.8, 4) is 5.75 Å². The summed E-state index contributed by atoms with van der Waals surface area (Å²) in [4.78, 5) is 12.0. The van der Waals surface area contributed by atoms with Crippen LogP contribution in [-0.2, 0) is 4.79 Å². The molecular weight excluding hydrogens is 345 g/mol. The summed E-state index contributed by atoms with van der Waals surface area (Å²) in [6.07, 6.45) is 0.